The Balaban J connectivity index is 1.42. The second-order valence-electron chi connectivity index (χ2n) is 8.83. The zero-order chi connectivity index (χ0) is 26.7. The van der Waals surface area contributed by atoms with Crippen LogP contribution in [0.5, 0.6) is 5.75 Å². The molecule has 4 rings (SSSR count). The number of hydrogen-bond donors (Lipinski definition) is 2. The predicted molar refractivity (Wildman–Crippen MR) is 149 cm³/mol. The zero-order valence-electron chi connectivity index (χ0n) is 21.0. The number of benzene rings is 4. The number of ether oxygens (including phenoxy) is 2. The first-order chi connectivity index (χ1) is 18.5. The first kappa shape index (κ1) is 26.8. The number of carbonyl (C=O) groups excluding carboxylic acids is 2. The van der Waals surface area contributed by atoms with Gasteiger partial charge < -0.3 is 20.1 Å². The third kappa shape index (κ3) is 8.11. The Labute approximate surface area is 227 Å². The molecule has 7 heteroatoms. The third-order valence-electron chi connectivity index (χ3n) is 5.89. The first-order valence-corrected chi connectivity index (χ1v) is 12.6. The molecule has 0 saturated heterocycles. The van der Waals surface area contributed by atoms with Crippen molar-refractivity contribution in [1.82, 2.24) is 5.32 Å². The number of halogens is 1. The Morgan fingerprint density at radius 3 is 2.08 bits per heavy atom. The molecule has 1 atom stereocenters. The maximum absolute atomic E-state index is 13.3. The average molecular weight is 529 g/mol. The summed E-state index contributed by atoms with van der Waals surface area (Å²) in [6.07, 6.45) is -0.426. The lowest BCUT2D eigenvalue weighted by molar-refractivity contribution is -0.118. The van der Waals surface area contributed by atoms with Crippen molar-refractivity contribution in [3.05, 3.63) is 130 Å². The van der Waals surface area contributed by atoms with E-state index in [0.717, 1.165) is 22.3 Å². The predicted octanol–water partition coefficient (Wildman–Crippen LogP) is 6.70. The van der Waals surface area contributed by atoms with Gasteiger partial charge in [-0.15, -0.1) is 0 Å². The topological polar surface area (TPSA) is 76.7 Å². The lowest BCUT2D eigenvalue weighted by Crippen LogP contribution is -2.45. The number of aryl methyl sites for hydroxylation is 1. The molecule has 2 N–H and O–H groups in total. The van der Waals surface area contributed by atoms with E-state index in [0.29, 0.717) is 23.1 Å². The summed E-state index contributed by atoms with van der Waals surface area (Å²) >= 11 is 6.12. The van der Waals surface area contributed by atoms with Crippen molar-refractivity contribution in [2.24, 2.45) is 0 Å². The Morgan fingerprint density at radius 2 is 1.42 bits per heavy atom. The lowest BCUT2D eigenvalue weighted by atomic mass is 10.0. The van der Waals surface area contributed by atoms with E-state index in [-0.39, 0.29) is 18.9 Å². The zero-order valence-corrected chi connectivity index (χ0v) is 21.8. The quantitative estimate of drug-likeness (QED) is 0.240. The van der Waals surface area contributed by atoms with Gasteiger partial charge in [-0.25, -0.2) is 4.79 Å². The van der Waals surface area contributed by atoms with Crippen LogP contribution in [0.1, 0.15) is 22.3 Å². The van der Waals surface area contributed by atoms with Gasteiger partial charge in [0.25, 0.3) is 0 Å². The molecule has 0 spiro atoms. The van der Waals surface area contributed by atoms with Crippen LogP contribution in [0.3, 0.4) is 0 Å². The molecule has 0 heterocycles. The molecule has 4 aromatic carbocycles. The van der Waals surface area contributed by atoms with Gasteiger partial charge in [0.15, 0.2) is 0 Å². The molecule has 0 aliphatic heterocycles. The van der Waals surface area contributed by atoms with E-state index < -0.39 is 12.1 Å². The summed E-state index contributed by atoms with van der Waals surface area (Å²) in [7, 11) is 0. The van der Waals surface area contributed by atoms with Crippen molar-refractivity contribution in [2.45, 2.75) is 32.6 Å². The van der Waals surface area contributed by atoms with Crippen molar-refractivity contribution in [2.75, 3.05) is 5.32 Å². The van der Waals surface area contributed by atoms with Crippen LogP contribution in [0.15, 0.2) is 103 Å². The largest absolute Gasteiger partial charge is 0.489 e. The van der Waals surface area contributed by atoms with E-state index in [9.17, 15) is 9.59 Å². The molecule has 0 radical (unpaired) electrons. The van der Waals surface area contributed by atoms with E-state index in [1.165, 1.54) is 0 Å². The fourth-order valence-electron chi connectivity index (χ4n) is 3.76. The second kappa shape index (κ2) is 13.3. The Morgan fingerprint density at radius 1 is 0.789 bits per heavy atom. The van der Waals surface area contributed by atoms with Gasteiger partial charge in [0.1, 0.15) is 25.0 Å². The maximum Gasteiger partial charge on any atom is 0.408 e. The summed E-state index contributed by atoms with van der Waals surface area (Å²) in [4.78, 5) is 25.9. The van der Waals surface area contributed by atoms with E-state index in [1.54, 1.807) is 12.1 Å². The smallest absolute Gasteiger partial charge is 0.408 e. The van der Waals surface area contributed by atoms with Gasteiger partial charge in [-0.05, 0) is 53.4 Å². The molecular formula is C31H29ClN2O4. The van der Waals surface area contributed by atoms with Gasteiger partial charge in [-0.2, -0.15) is 0 Å². The Kier molecular flexibility index (Phi) is 9.37. The Hall–Kier alpha value is -4.29. The molecule has 0 saturated carbocycles. The minimum Gasteiger partial charge on any atom is -0.489 e. The molecule has 0 unspecified atom stereocenters. The maximum atomic E-state index is 13.3. The Bertz CT molecular complexity index is 1350. The van der Waals surface area contributed by atoms with Gasteiger partial charge in [0, 0.05) is 17.1 Å². The average Bonchev–Trinajstić information content (AvgIpc) is 2.94. The summed E-state index contributed by atoms with van der Waals surface area (Å²) < 4.78 is 11.2. The van der Waals surface area contributed by atoms with E-state index in [1.807, 2.05) is 97.9 Å². The molecule has 0 aliphatic carbocycles. The number of rotatable bonds is 10. The molecule has 0 aromatic heterocycles. The number of carbonyl (C=O) groups is 2. The molecular weight excluding hydrogens is 500 g/mol. The van der Waals surface area contributed by atoms with Crippen LogP contribution < -0.4 is 15.4 Å². The highest BCUT2D eigenvalue weighted by Crippen LogP contribution is 2.21. The molecule has 2 amide bonds. The normalized spacial score (nSPS) is 11.3. The molecule has 0 bridgehead atoms. The number of amides is 2. The van der Waals surface area contributed by atoms with E-state index in [2.05, 4.69) is 10.6 Å². The van der Waals surface area contributed by atoms with Crippen LogP contribution in [0.2, 0.25) is 5.02 Å². The van der Waals surface area contributed by atoms with Gasteiger partial charge >= 0.3 is 6.09 Å². The summed E-state index contributed by atoms with van der Waals surface area (Å²) in [6.45, 7) is 2.43. The van der Waals surface area contributed by atoms with E-state index in [4.69, 9.17) is 21.1 Å². The van der Waals surface area contributed by atoms with Crippen molar-refractivity contribution < 1.29 is 19.1 Å². The van der Waals surface area contributed by atoms with Crippen molar-refractivity contribution >= 4 is 29.3 Å². The summed E-state index contributed by atoms with van der Waals surface area (Å²) in [6, 6.07) is 31.1. The number of anilines is 1. The number of hydrogen-bond acceptors (Lipinski definition) is 4. The highest BCUT2D eigenvalue weighted by atomic mass is 35.5. The van der Waals surface area contributed by atoms with Crippen LogP contribution >= 0.6 is 11.6 Å². The summed E-state index contributed by atoms with van der Waals surface area (Å²) in [5, 5.41) is 6.10. The molecule has 6 nitrogen and oxygen atoms in total. The van der Waals surface area contributed by atoms with Crippen molar-refractivity contribution in [3.63, 3.8) is 0 Å². The van der Waals surface area contributed by atoms with Crippen molar-refractivity contribution in [3.8, 4) is 5.75 Å². The van der Waals surface area contributed by atoms with Crippen molar-refractivity contribution in [1.29, 1.82) is 0 Å². The lowest BCUT2D eigenvalue weighted by Gasteiger charge is -2.19. The molecule has 194 valence electrons. The highest BCUT2D eigenvalue weighted by Gasteiger charge is 2.23. The number of nitrogens with one attached hydrogen (secondary N) is 2. The van der Waals surface area contributed by atoms with Gasteiger partial charge in [-0.3, -0.25) is 4.79 Å². The van der Waals surface area contributed by atoms with Crippen LogP contribution in [0.25, 0.3) is 0 Å². The van der Waals surface area contributed by atoms with Crippen LogP contribution in [-0.2, 0) is 29.2 Å². The molecule has 0 aliphatic rings. The standard InChI is InChI=1S/C31H29ClN2O4/c1-22-12-15-26(32)19-28(22)33-30(35)29(34-31(36)38-21-25-10-6-3-7-11-25)18-23-13-16-27(17-14-23)37-20-24-8-4-2-5-9-24/h2-17,19,29H,18,20-21H2,1H3,(H,33,35)(H,34,36)/t29-/m0/s1. The third-order valence-corrected chi connectivity index (χ3v) is 6.13. The first-order valence-electron chi connectivity index (χ1n) is 12.3. The van der Waals surface area contributed by atoms with Crippen LogP contribution in [-0.4, -0.2) is 18.0 Å². The molecule has 0 fully saturated rings. The summed E-state index contributed by atoms with van der Waals surface area (Å²) in [5.41, 5.74) is 4.21. The minimum absolute atomic E-state index is 0.0991. The van der Waals surface area contributed by atoms with E-state index >= 15 is 0 Å². The fraction of sp³-hybridized carbons (Fsp3) is 0.161. The van der Waals surface area contributed by atoms with Crippen LogP contribution in [0.4, 0.5) is 10.5 Å². The highest BCUT2D eigenvalue weighted by molar-refractivity contribution is 6.31. The molecule has 4 aromatic rings. The van der Waals surface area contributed by atoms with Crippen LogP contribution in [0, 0.1) is 6.92 Å². The van der Waals surface area contributed by atoms with Gasteiger partial charge in [0.05, 0.1) is 0 Å². The second-order valence-corrected chi connectivity index (χ2v) is 9.27. The SMILES string of the molecule is Cc1ccc(Cl)cc1NC(=O)[C@H](Cc1ccc(OCc2ccccc2)cc1)NC(=O)OCc1ccccc1. The van der Waals surface area contributed by atoms with Gasteiger partial charge in [-0.1, -0.05) is 90.5 Å². The molecule has 38 heavy (non-hydrogen) atoms. The summed E-state index contributed by atoms with van der Waals surface area (Å²) in [5.74, 6) is 0.333. The minimum atomic E-state index is -0.882. The van der Waals surface area contributed by atoms with Gasteiger partial charge in [0.2, 0.25) is 5.91 Å². The number of alkyl carbamates (subject to hydrolysis) is 1. The fourth-order valence-corrected chi connectivity index (χ4v) is 3.94. The monoisotopic (exact) mass is 528 g/mol.